The smallest absolute Gasteiger partial charge is 0.271 e. The van der Waals surface area contributed by atoms with E-state index in [1.54, 1.807) is 12.4 Å². The van der Waals surface area contributed by atoms with Crippen molar-refractivity contribution in [3.63, 3.8) is 0 Å². The van der Waals surface area contributed by atoms with Crippen LogP contribution in [0.4, 0.5) is 11.5 Å². The van der Waals surface area contributed by atoms with E-state index in [4.69, 9.17) is 0 Å². The maximum Gasteiger partial charge on any atom is 0.271 e. The van der Waals surface area contributed by atoms with Crippen LogP contribution in [-0.2, 0) is 6.42 Å². The van der Waals surface area contributed by atoms with Crippen molar-refractivity contribution in [2.24, 2.45) is 0 Å². The Morgan fingerprint density at radius 2 is 2.08 bits per heavy atom. The van der Waals surface area contributed by atoms with Gasteiger partial charge in [-0.3, -0.25) is 4.79 Å². The first kappa shape index (κ1) is 16.4. The number of anilines is 2. The number of aromatic nitrogens is 2. The van der Waals surface area contributed by atoms with Gasteiger partial charge in [0, 0.05) is 25.3 Å². The number of nitrogens with zero attached hydrogens (tertiary/aromatic N) is 4. The molecule has 0 radical (unpaired) electrons. The molecular formula is C18H23N5O. The van der Waals surface area contributed by atoms with Crippen LogP contribution in [0.2, 0.25) is 0 Å². The highest BCUT2D eigenvalue weighted by Crippen LogP contribution is 2.31. The zero-order chi connectivity index (χ0) is 16.9. The van der Waals surface area contributed by atoms with Crippen LogP contribution in [0.3, 0.4) is 0 Å². The molecule has 126 valence electrons. The second-order valence-corrected chi connectivity index (χ2v) is 6.20. The third-order valence-electron chi connectivity index (χ3n) is 4.10. The molecule has 2 heterocycles. The summed E-state index contributed by atoms with van der Waals surface area (Å²) in [7, 11) is 3.94. The predicted octanol–water partition coefficient (Wildman–Crippen LogP) is 1.85. The average molecular weight is 325 g/mol. The number of hydrogen-bond acceptors (Lipinski definition) is 5. The number of aryl methyl sites for hydroxylation is 1. The maximum absolute atomic E-state index is 12.1. The number of para-hydroxylation sites is 1. The Balaban J connectivity index is 1.70. The molecule has 0 unspecified atom stereocenters. The van der Waals surface area contributed by atoms with Gasteiger partial charge in [0.05, 0.1) is 12.4 Å². The molecule has 0 atom stereocenters. The van der Waals surface area contributed by atoms with E-state index in [0.29, 0.717) is 12.2 Å². The molecular weight excluding hydrogens is 302 g/mol. The molecule has 0 spiro atoms. The highest BCUT2D eigenvalue weighted by molar-refractivity contribution is 5.92. The second-order valence-electron chi connectivity index (χ2n) is 6.20. The van der Waals surface area contributed by atoms with Crippen LogP contribution in [0, 0.1) is 0 Å². The van der Waals surface area contributed by atoms with Gasteiger partial charge in [-0.15, -0.1) is 0 Å². The van der Waals surface area contributed by atoms with Crippen molar-refractivity contribution in [3.05, 3.63) is 47.9 Å². The quantitative estimate of drug-likeness (QED) is 0.909. The third-order valence-corrected chi connectivity index (χ3v) is 4.10. The number of carbonyl (C=O) groups excluding carboxylic acids is 1. The lowest BCUT2D eigenvalue weighted by Gasteiger charge is -2.30. The zero-order valence-corrected chi connectivity index (χ0v) is 14.2. The molecule has 1 N–H and O–H groups in total. The summed E-state index contributed by atoms with van der Waals surface area (Å²) >= 11 is 0. The van der Waals surface area contributed by atoms with Crippen molar-refractivity contribution in [3.8, 4) is 0 Å². The zero-order valence-electron chi connectivity index (χ0n) is 14.2. The fraction of sp³-hybridized carbons (Fsp3) is 0.389. The van der Waals surface area contributed by atoms with Crippen LogP contribution < -0.4 is 10.2 Å². The molecule has 0 saturated carbocycles. The molecule has 1 aromatic carbocycles. The van der Waals surface area contributed by atoms with Crippen LogP contribution in [0.15, 0.2) is 36.7 Å². The number of carbonyl (C=O) groups is 1. The Kier molecular flexibility index (Phi) is 5.05. The molecule has 0 saturated heterocycles. The minimum atomic E-state index is -0.185. The first-order valence-electron chi connectivity index (χ1n) is 8.25. The van der Waals surface area contributed by atoms with Gasteiger partial charge >= 0.3 is 0 Å². The molecule has 24 heavy (non-hydrogen) atoms. The summed E-state index contributed by atoms with van der Waals surface area (Å²) in [4.78, 5) is 25.0. The summed E-state index contributed by atoms with van der Waals surface area (Å²) in [5.41, 5.74) is 2.86. The number of likely N-dealkylation sites (N-methyl/N-ethyl adjacent to an activating group) is 1. The normalized spacial score (nSPS) is 13.7. The molecule has 1 aromatic heterocycles. The monoisotopic (exact) mass is 325 g/mol. The van der Waals surface area contributed by atoms with Crippen molar-refractivity contribution in [1.29, 1.82) is 0 Å². The molecule has 3 rings (SSSR count). The maximum atomic E-state index is 12.1. The first-order chi connectivity index (χ1) is 11.6. The summed E-state index contributed by atoms with van der Waals surface area (Å²) in [6.07, 6.45) is 5.42. The van der Waals surface area contributed by atoms with Gasteiger partial charge < -0.3 is 15.1 Å². The van der Waals surface area contributed by atoms with Crippen LogP contribution in [0.25, 0.3) is 0 Å². The minimum Gasteiger partial charge on any atom is -0.349 e. The van der Waals surface area contributed by atoms with Crippen molar-refractivity contribution in [2.75, 3.05) is 38.6 Å². The molecule has 6 heteroatoms. The summed E-state index contributed by atoms with van der Waals surface area (Å²) < 4.78 is 0. The fourth-order valence-corrected chi connectivity index (χ4v) is 2.83. The fourth-order valence-electron chi connectivity index (χ4n) is 2.83. The average Bonchev–Trinajstić information content (AvgIpc) is 2.61. The van der Waals surface area contributed by atoms with Gasteiger partial charge in [-0.05, 0) is 38.6 Å². The van der Waals surface area contributed by atoms with Crippen molar-refractivity contribution in [2.45, 2.75) is 12.8 Å². The number of hydrogen-bond donors (Lipinski definition) is 1. The molecule has 1 aliphatic rings. The Morgan fingerprint density at radius 3 is 2.83 bits per heavy atom. The van der Waals surface area contributed by atoms with Gasteiger partial charge in [-0.25, -0.2) is 9.97 Å². The summed E-state index contributed by atoms with van der Waals surface area (Å²) in [6, 6.07) is 8.37. The predicted molar refractivity (Wildman–Crippen MR) is 94.7 cm³/mol. The van der Waals surface area contributed by atoms with E-state index in [1.165, 1.54) is 11.3 Å². The highest BCUT2D eigenvalue weighted by atomic mass is 16.1. The largest absolute Gasteiger partial charge is 0.349 e. The van der Waals surface area contributed by atoms with E-state index < -0.39 is 0 Å². The Hall–Kier alpha value is -2.47. The van der Waals surface area contributed by atoms with Crippen LogP contribution in [0.5, 0.6) is 0 Å². The first-order valence-corrected chi connectivity index (χ1v) is 8.25. The van der Waals surface area contributed by atoms with E-state index in [1.807, 2.05) is 25.1 Å². The van der Waals surface area contributed by atoms with Crippen LogP contribution in [0.1, 0.15) is 22.5 Å². The van der Waals surface area contributed by atoms with Gasteiger partial charge in [0.2, 0.25) is 0 Å². The second kappa shape index (κ2) is 7.40. The molecule has 0 fully saturated rings. The third kappa shape index (κ3) is 3.71. The molecule has 0 bridgehead atoms. The number of benzene rings is 1. The minimum absolute atomic E-state index is 0.185. The van der Waals surface area contributed by atoms with E-state index in [0.717, 1.165) is 31.7 Å². The van der Waals surface area contributed by atoms with Crippen LogP contribution in [-0.4, -0.2) is 54.5 Å². The van der Waals surface area contributed by atoms with Crippen molar-refractivity contribution in [1.82, 2.24) is 20.2 Å². The molecule has 2 aromatic rings. The topological polar surface area (TPSA) is 61.4 Å². The van der Waals surface area contributed by atoms with Crippen LogP contribution >= 0.6 is 0 Å². The number of nitrogens with one attached hydrogen (secondary N) is 1. The van der Waals surface area contributed by atoms with Gasteiger partial charge in [-0.1, -0.05) is 18.2 Å². The molecule has 0 aliphatic carbocycles. The van der Waals surface area contributed by atoms with Gasteiger partial charge in [0.15, 0.2) is 5.82 Å². The van der Waals surface area contributed by atoms with Gasteiger partial charge in [0.25, 0.3) is 5.91 Å². The highest BCUT2D eigenvalue weighted by Gasteiger charge is 2.19. The Morgan fingerprint density at radius 1 is 1.25 bits per heavy atom. The lowest BCUT2D eigenvalue weighted by Crippen LogP contribution is -2.32. The molecule has 1 aliphatic heterocycles. The van der Waals surface area contributed by atoms with Gasteiger partial charge in [-0.2, -0.15) is 0 Å². The number of fused-ring (bicyclic) bond motifs is 1. The van der Waals surface area contributed by atoms with E-state index in [9.17, 15) is 4.79 Å². The van der Waals surface area contributed by atoms with E-state index in [-0.39, 0.29) is 5.91 Å². The summed E-state index contributed by atoms with van der Waals surface area (Å²) in [5.74, 6) is 0.599. The Bertz CT molecular complexity index is 699. The standard InChI is InChI=1S/C18H23N5O/c1-22(2)11-9-19-18(24)15-12-21-17(13-20-15)23-10-5-7-14-6-3-4-8-16(14)23/h3-4,6,8,12-13H,5,7,9-11H2,1-2H3,(H,19,24). The summed E-state index contributed by atoms with van der Waals surface area (Å²) in [5, 5.41) is 2.85. The lowest BCUT2D eigenvalue weighted by atomic mass is 10.0. The van der Waals surface area contributed by atoms with E-state index >= 15 is 0 Å². The van der Waals surface area contributed by atoms with E-state index in [2.05, 4.69) is 38.4 Å². The molecule has 1 amide bonds. The number of amides is 1. The lowest BCUT2D eigenvalue weighted by molar-refractivity contribution is 0.0945. The number of rotatable bonds is 5. The summed E-state index contributed by atoms with van der Waals surface area (Å²) in [6.45, 7) is 2.30. The Labute approximate surface area is 142 Å². The van der Waals surface area contributed by atoms with Gasteiger partial charge in [0.1, 0.15) is 5.69 Å². The molecule has 6 nitrogen and oxygen atoms in total. The SMILES string of the molecule is CN(C)CCNC(=O)c1cnc(N2CCCc3ccccc32)cn1. The van der Waals surface area contributed by atoms with Crippen molar-refractivity contribution < 1.29 is 4.79 Å². The van der Waals surface area contributed by atoms with Crippen molar-refractivity contribution >= 4 is 17.4 Å².